The molecule has 4 heteroatoms. The lowest BCUT2D eigenvalue weighted by molar-refractivity contribution is 0.175. The first-order chi connectivity index (χ1) is 8.70. The van der Waals surface area contributed by atoms with E-state index in [0.29, 0.717) is 6.54 Å². The van der Waals surface area contributed by atoms with Gasteiger partial charge >= 0.3 is 0 Å². The Kier molecular flexibility index (Phi) is 5.15. The first kappa shape index (κ1) is 14.0. The van der Waals surface area contributed by atoms with Crippen LogP contribution in [0.4, 0.5) is 4.39 Å². The summed E-state index contributed by atoms with van der Waals surface area (Å²) < 4.78 is 14.6. The fraction of sp³-hybridized carbons (Fsp3) is 0.571. The molecule has 18 heavy (non-hydrogen) atoms. The lowest BCUT2D eigenvalue weighted by Gasteiger charge is -2.32. The van der Waals surface area contributed by atoms with E-state index in [1.165, 1.54) is 18.9 Å². The van der Waals surface area contributed by atoms with Crippen LogP contribution < -0.4 is 5.32 Å². The Morgan fingerprint density at radius 1 is 1.39 bits per heavy atom. The van der Waals surface area contributed by atoms with Crippen LogP contribution in [-0.4, -0.2) is 31.6 Å². The summed E-state index contributed by atoms with van der Waals surface area (Å²) in [4.78, 5) is 2.34. The summed E-state index contributed by atoms with van der Waals surface area (Å²) in [5.74, 6) is 0.664. The fourth-order valence-electron chi connectivity index (χ4n) is 2.54. The largest absolute Gasteiger partial charge is 0.319 e. The molecule has 1 N–H and O–H groups in total. The molecule has 1 aliphatic heterocycles. The molecule has 2 rings (SSSR count). The summed E-state index contributed by atoms with van der Waals surface area (Å²) in [6, 6.07) is 5.18. The zero-order valence-corrected chi connectivity index (χ0v) is 12.3. The van der Waals surface area contributed by atoms with E-state index >= 15 is 0 Å². The third-order valence-electron chi connectivity index (χ3n) is 3.64. The number of benzene rings is 1. The summed E-state index contributed by atoms with van der Waals surface area (Å²) in [6.45, 7) is 3.93. The van der Waals surface area contributed by atoms with Crippen molar-refractivity contribution >= 4 is 15.9 Å². The van der Waals surface area contributed by atoms with E-state index in [1.54, 1.807) is 6.07 Å². The molecule has 1 aromatic carbocycles. The zero-order chi connectivity index (χ0) is 13.0. The third kappa shape index (κ3) is 3.53. The van der Waals surface area contributed by atoms with Gasteiger partial charge in [-0.3, -0.25) is 4.90 Å². The second-order valence-corrected chi connectivity index (χ2v) is 5.83. The van der Waals surface area contributed by atoms with Crippen LogP contribution in [0.1, 0.15) is 18.4 Å². The van der Waals surface area contributed by atoms with Crippen LogP contribution in [-0.2, 0) is 6.54 Å². The summed E-state index contributed by atoms with van der Waals surface area (Å²) in [5.41, 5.74) is 0.782. The molecule has 0 aromatic heterocycles. The number of nitrogens with zero attached hydrogens (tertiary/aromatic N) is 1. The molecule has 0 spiro atoms. The lowest BCUT2D eigenvalue weighted by Crippen LogP contribution is -2.36. The highest BCUT2D eigenvalue weighted by atomic mass is 79.9. The highest BCUT2D eigenvalue weighted by molar-refractivity contribution is 9.10. The van der Waals surface area contributed by atoms with Gasteiger partial charge < -0.3 is 5.32 Å². The van der Waals surface area contributed by atoms with Crippen molar-refractivity contribution < 1.29 is 4.39 Å². The maximum atomic E-state index is 13.7. The van der Waals surface area contributed by atoms with Crippen LogP contribution in [0.2, 0.25) is 0 Å². The molecule has 2 nitrogen and oxygen atoms in total. The predicted molar refractivity (Wildman–Crippen MR) is 76.0 cm³/mol. The monoisotopic (exact) mass is 314 g/mol. The Labute approximate surface area is 117 Å². The van der Waals surface area contributed by atoms with Crippen LogP contribution in [0, 0.1) is 11.7 Å². The minimum atomic E-state index is -0.110. The molecular formula is C14H20BrFN2. The molecule has 1 aromatic rings. The van der Waals surface area contributed by atoms with Crippen molar-refractivity contribution in [2.75, 3.05) is 26.7 Å². The van der Waals surface area contributed by atoms with E-state index < -0.39 is 0 Å². The first-order valence-corrected chi connectivity index (χ1v) is 7.30. The van der Waals surface area contributed by atoms with Gasteiger partial charge in [0.25, 0.3) is 0 Å². The van der Waals surface area contributed by atoms with Gasteiger partial charge in [0, 0.05) is 16.6 Å². The molecule has 0 amide bonds. The number of halogens is 2. The Balaban J connectivity index is 1.92. The molecule has 0 atom stereocenters. The zero-order valence-electron chi connectivity index (χ0n) is 10.8. The fourth-order valence-corrected chi connectivity index (χ4v) is 3.01. The third-order valence-corrected chi connectivity index (χ3v) is 4.39. The summed E-state index contributed by atoms with van der Waals surface area (Å²) in [7, 11) is 2.00. The molecule has 1 saturated heterocycles. The van der Waals surface area contributed by atoms with Crippen LogP contribution in [0.5, 0.6) is 0 Å². The van der Waals surface area contributed by atoms with Crippen LogP contribution in [0.25, 0.3) is 0 Å². The van der Waals surface area contributed by atoms with Gasteiger partial charge in [0.05, 0.1) is 0 Å². The van der Waals surface area contributed by atoms with Crippen molar-refractivity contribution in [2.24, 2.45) is 5.92 Å². The number of likely N-dealkylation sites (tertiary alicyclic amines) is 1. The van der Waals surface area contributed by atoms with Gasteiger partial charge in [-0.25, -0.2) is 4.39 Å². The van der Waals surface area contributed by atoms with E-state index in [2.05, 4.69) is 26.1 Å². The normalized spacial score (nSPS) is 18.2. The van der Waals surface area contributed by atoms with Crippen molar-refractivity contribution in [1.82, 2.24) is 10.2 Å². The van der Waals surface area contributed by atoms with Crippen LogP contribution >= 0.6 is 15.9 Å². The number of hydrogen-bond donors (Lipinski definition) is 1. The molecular weight excluding hydrogens is 295 g/mol. The highest BCUT2D eigenvalue weighted by Crippen LogP contribution is 2.24. The van der Waals surface area contributed by atoms with Gasteiger partial charge in [-0.2, -0.15) is 0 Å². The second-order valence-electron chi connectivity index (χ2n) is 4.98. The average molecular weight is 315 g/mol. The van der Waals surface area contributed by atoms with Crippen molar-refractivity contribution in [3.63, 3.8) is 0 Å². The molecule has 0 radical (unpaired) electrons. The summed E-state index contributed by atoms with van der Waals surface area (Å²) >= 11 is 3.43. The van der Waals surface area contributed by atoms with Gasteiger partial charge in [-0.1, -0.05) is 22.0 Å². The lowest BCUT2D eigenvalue weighted by atomic mass is 9.96. The minimum Gasteiger partial charge on any atom is -0.319 e. The first-order valence-electron chi connectivity index (χ1n) is 6.50. The van der Waals surface area contributed by atoms with Gasteiger partial charge in [0.2, 0.25) is 0 Å². The maximum Gasteiger partial charge on any atom is 0.128 e. The quantitative estimate of drug-likeness (QED) is 0.919. The van der Waals surface area contributed by atoms with Crippen molar-refractivity contribution in [2.45, 2.75) is 19.4 Å². The topological polar surface area (TPSA) is 15.3 Å². The summed E-state index contributed by atoms with van der Waals surface area (Å²) in [6.07, 6.45) is 2.40. The smallest absolute Gasteiger partial charge is 0.128 e. The van der Waals surface area contributed by atoms with E-state index in [-0.39, 0.29) is 5.82 Å². The predicted octanol–water partition coefficient (Wildman–Crippen LogP) is 3.02. The van der Waals surface area contributed by atoms with Crippen molar-refractivity contribution in [3.05, 3.63) is 34.1 Å². The Morgan fingerprint density at radius 2 is 2.11 bits per heavy atom. The molecule has 0 saturated carbocycles. The SMILES string of the molecule is CNCC1CCN(Cc2c(F)cccc2Br)CC1. The van der Waals surface area contributed by atoms with E-state index in [9.17, 15) is 4.39 Å². The molecule has 0 bridgehead atoms. The van der Waals surface area contributed by atoms with Crippen molar-refractivity contribution in [1.29, 1.82) is 0 Å². The molecule has 1 heterocycles. The number of piperidine rings is 1. The van der Waals surface area contributed by atoms with Crippen LogP contribution in [0.3, 0.4) is 0 Å². The highest BCUT2D eigenvalue weighted by Gasteiger charge is 2.20. The van der Waals surface area contributed by atoms with E-state index in [4.69, 9.17) is 0 Å². The average Bonchev–Trinajstić information content (AvgIpc) is 2.36. The number of hydrogen-bond acceptors (Lipinski definition) is 2. The Morgan fingerprint density at radius 3 is 2.72 bits per heavy atom. The molecule has 1 fully saturated rings. The molecule has 0 unspecified atom stereocenters. The van der Waals surface area contributed by atoms with E-state index in [0.717, 1.165) is 35.6 Å². The van der Waals surface area contributed by atoms with Gasteiger partial charge in [-0.15, -0.1) is 0 Å². The second kappa shape index (κ2) is 6.64. The van der Waals surface area contributed by atoms with E-state index in [1.807, 2.05) is 13.1 Å². The van der Waals surface area contributed by atoms with Gasteiger partial charge in [0.1, 0.15) is 5.82 Å². The van der Waals surface area contributed by atoms with Crippen LogP contribution in [0.15, 0.2) is 22.7 Å². The van der Waals surface area contributed by atoms with Crippen molar-refractivity contribution in [3.8, 4) is 0 Å². The van der Waals surface area contributed by atoms with Gasteiger partial charge in [0.15, 0.2) is 0 Å². The Hall–Kier alpha value is -0.450. The number of nitrogens with one attached hydrogen (secondary N) is 1. The molecule has 0 aliphatic carbocycles. The summed E-state index contributed by atoms with van der Waals surface area (Å²) in [5, 5.41) is 3.23. The standard InChI is InChI=1S/C14H20BrFN2/c1-17-9-11-5-7-18(8-6-11)10-12-13(15)3-2-4-14(12)16/h2-4,11,17H,5-10H2,1H3. The molecule has 100 valence electrons. The maximum absolute atomic E-state index is 13.7. The van der Waals surface area contributed by atoms with Gasteiger partial charge in [-0.05, 0) is 57.6 Å². The minimum absolute atomic E-state index is 0.110. The molecule has 1 aliphatic rings. The number of rotatable bonds is 4. The Bertz CT molecular complexity index is 369.